The Hall–Kier alpha value is -6.79. The van der Waals surface area contributed by atoms with Gasteiger partial charge in [-0.05, 0) is 118 Å². The Morgan fingerprint density at radius 2 is 0.911 bits per heavy atom. The molecule has 0 amide bonds. The number of anilines is 3. The molecule has 0 saturated heterocycles. The molecular weight excluding hydrogens is 719 g/mol. The predicted octanol–water partition coefficient (Wildman–Crippen LogP) is 15.2. The number of rotatable bonds is 5. The highest BCUT2D eigenvalue weighted by atomic mass is 32.1. The number of fused-ring (bicyclic) bond motifs is 9. The van der Waals surface area contributed by atoms with Crippen molar-refractivity contribution in [1.29, 1.82) is 0 Å². The van der Waals surface area contributed by atoms with E-state index in [0.717, 1.165) is 34.0 Å². The fourth-order valence-electron chi connectivity index (χ4n) is 8.35. The Bertz CT molecular complexity index is 3290. The van der Waals surface area contributed by atoms with Crippen molar-refractivity contribution < 1.29 is 0 Å². The summed E-state index contributed by atoms with van der Waals surface area (Å²) in [6, 6.07) is 64.5. The van der Waals surface area contributed by atoms with E-state index in [-0.39, 0.29) is 0 Å². The molecule has 0 aliphatic heterocycles. The fourth-order valence-corrected chi connectivity index (χ4v) is 10.6. The van der Waals surface area contributed by atoms with Crippen LogP contribution in [0, 0.1) is 0 Å². The second kappa shape index (κ2) is 12.4. The Morgan fingerprint density at radius 3 is 1.50 bits per heavy atom. The maximum Gasteiger partial charge on any atom is 0.137 e. The molecule has 12 rings (SSSR count). The Kier molecular flexibility index (Phi) is 6.97. The van der Waals surface area contributed by atoms with Gasteiger partial charge in [-0.15, -0.1) is 22.7 Å². The van der Waals surface area contributed by atoms with E-state index < -0.39 is 0 Å². The molecule has 0 N–H and O–H groups in total. The van der Waals surface area contributed by atoms with Gasteiger partial charge in [-0.3, -0.25) is 0 Å². The molecule has 0 atom stereocenters. The Morgan fingerprint density at radius 1 is 0.393 bits per heavy atom. The molecule has 0 spiro atoms. The van der Waals surface area contributed by atoms with Gasteiger partial charge in [0, 0.05) is 75.4 Å². The zero-order chi connectivity index (χ0) is 36.7. The molecule has 0 unspecified atom stereocenters. The van der Waals surface area contributed by atoms with Gasteiger partial charge in [0.1, 0.15) is 5.65 Å². The van der Waals surface area contributed by atoms with E-state index in [0.29, 0.717) is 0 Å². The van der Waals surface area contributed by atoms with Crippen LogP contribution in [0.4, 0.5) is 17.1 Å². The smallest absolute Gasteiger partial charge is 0.137 e. The van der Waals surface area contributed by atoms with Crippen molar-refractivity contribution >= 4 is 107 Å². The van der Waals surface area contributed by atoms with Gasteiger partial charge in [-0.25, -0.2) is 4.98 Å². The van der Waals surface area contributed by atoms with Crippen LogP contribution in [-0.2, 0) is 0 Å². The first-order valence-corrected chi connectivity index (χ1v) is 20.5. The second-order valence-corrected chi connectivity index (χ2v) is 16.7. The Balaban J connectivity index is 0.963. The molecule has 0 fully saturated rings. The van der Waals surface area contributed by atoms with Crippen molar-refractivity contribution in [2.45, 2.75) is 0 Å². The quantitative estimate of drug-likeness (QED) is 0.175. The summed E-state index contributed by atoms with van der Waals surface area (Å²) in [5, 5.41) is 10.3. The maximum absolute atomic E-state index is 4.82. The first-order chi connectivity index (χ1) is 27.7. The molecule has 0 bridgehead atoms. The first kappa shape index (κ1) is 31.5. The van der Waals surface area contributed by atoms with Crippen LogP contribution < -0.4 is 4.90 Å². The van der Waals surface area contributed by atoms with Gasteiger partial charge >= 0.3 is 0 Å². The molecule has 8 aromatic carbocycles. The van der Waals surface area contributed by atoms with Gasteiger partial charge < -0.3 is 9.30 Å². The van der Waals surface area contributed by atoms with Gasteiger partial charge in [0.25, 0.3) is 0 Å². The van der Waals surface area contributed by atoms with Crippen molar-refractivity contribution in [3.05, 3.63) is 188 Å². The molecule has 12 aromatic rings. The highest BCUT2D eigenvalue weighted by Crippen LogP contribution is 2.43. The van der Waals surface area contributed by atoms with E-state index in [1.54, 1.807) is 0 Å². The lowest BCUT2D eigenvalue weighted by atomic mass is 10.0. The lowest BCUT2D eigenvalue weighted by molar-refractivity contribution is 1.19. The van der Waals surface area contributed by atoms with Gasteiger partial charge in [-0.2, -0.15) is 0 Å². The summed E-state index contributed by atoms with van der Waals surface area (Å²) in [7, 11) is 0. The van der Waals surface area contributed by atoms with E-state index in [1.807, 2.05) is 47.1 Å². The topological polar surface area (TPSA) is 20.5 Å². The normalized spacial score (nSPS) is 11.9. The average molecular weight is 750 g/mol. The largest absolute Gasteiger partial charge is 0.310 e. The molecule has 262 valence electrons. The molecule has 5 heteroatoms. The van der Waals surface area contributed by atoms with Crippen molar-refractivity contribution in [2.24, 2.45) is 0 Å². The summed E-state index contributed by atoms with van der Waals surface area (Å²) in [4.78, 5) is 7.22. The minimum atomic E-state index is 0.950. The lowest BCUT2D eigenvalue weighted by Crippen LogP contribution is -2.09. The van der Waals surface area contributed by atoms with Crippen LogP contribution >= 0.6 is 22.7 Å². The highest BCUT2D eigenvalue weighted by Gasteiger charge is 2.17. The van der Waals surface area contributed by atoms with E-state index in [1.165, 1.54) is 73.0 Å². The minimum Gasteiger partial charge on any atom is -0.310 e. The minimum absolute atomic E-state index is 0.950. The first-order valence-electron chi connectivity index (χ1n) is 18.8. The number of nitrogens with zero attached hydrogens (tertiary/aromatic N) is 3. The summed E-state index contributed by atoms with van der Waals surface area (Å²) < 4.78 is 7.35. The van der Waals surface area contributed by atoms with Crippen molar-refractivity contribution in [1.82, 2.24) is 9.38 Å². The molecular formula is C51H31N3S2. The summed E-state index contributed by atoms with van der Waals surface area (Å²) in [5.41, 5.74) is 8.74. The average Bonchev–Trinajstić information content (AvgIpc) is 3.95. The number of benzene rings is 8. The van der Waals surface area contributed by atoms with E-state index in [2.05, 4.69) is 173 Å². The maximum atomic E-state index is 4.82. The number of hydrogen-bond donors (Lipinski definition) is 0. The number of imidazole rings is 1. The third-order valence-corrected chi connectivity index (χ3v) is 13.4. The number of aromatic nitrogens is 2. The van der Waals surface area contributed by atoms with Crippen LogP contribution in [-0.4, -0.2) is 9.38 Å². The van der Waals surface area contributed by atoms with Crippen LogP contribution in [0.15, 0.2) is 188 Å². The predicted molar refractivity (Wildman–Crippen MR) is 242 cm³/mol. The van der Waals surface area contributed by atoms with Crippen LogP contribution in [0.2, 0.25) is 0 Å². The molecule has 56 heavy (non-hydrogen) atoms. The number of pyridine rings is 1. The Labute approximate surface area is 330 Å². The third kappa shape index (κ3) is 5.13. The second-order valence-electron chi connectivity index (χ2n) is 14.5. The van der Waals surface area contributed by atoms with Gasteiger partial charge in [0.15, 0.2) is 0 Å². The summed E-state index contributed by atoms with van der Waals surface area (Å²) in [6.45, 7) is 0. The van der Waals surface area contributed by atoms with Gasteiger partial charge in [-0.1, -0.05) is 91.0 Å². The van der Waals surface area contributed by atoms with Crippen LogP contribution in [0.5, 0.6) is 0 Å². The SMILES string of the molecule is c1ccc2c(c1)sc1cc3cc(N(c4ccc(-c5ccc(-c6cn7ccccc7n6)cc5)cc4)c4ccc5cc6c(cc5c4)sc4ccccc46)ccc3cc12. The lowest BCUT2D eigenvalue weighted by Gasteiger charge is -2.26. The molecule has 4 heterocycles. The van der Waals surface area contributed by atoms with E-state index >= 15 is 0 Å². The summed E-state index contributed by atoms with van der Waals surface area (Å²) in [6.07, 6.45) is 4.12. The van der Waals surface area contributed by atoms with Gasteiger partial charge in [0.05, 0.1) is 5.69 Å². The standard InChI is InChI=1S/C51H31N3S2/c1-3-9-47-42(7-1)44-27-35-18-22-40(25-37(35)29-49(44)55-47)54(41-23-19-36-28-45-43-8-2-4-10-48(43)56-50(45)30-38(36)26-41)39-20-16-33(17-21-39)32-12-14-34(15-13-32)46-31-53-24-6-5-11-51(53)52-46/h1-31H. The van der Waals surface area contributed by atoms with E-state index in [4.69, 9.17) is 4.98 Å². The number of thiophene rings is 2. The van der Waals surface area contributed by atoms with Crippen molar-refractivity contribution in [2.75, 3.05) is 4.90 Å². The van der Waals surface area contributed by atoms with Crippen LogP contribution in [0.1, 0.15) is 0 Å². The number of hydrogen-bond acceptors (Lipinski definition) is 4. The van der Waals surface area contributed by atoms with Crippen molar-refractivity contribution in [3.8, 4) is 22.4 Å². The summed E-state index contributed by atoms with van der Waals surface area (Å²) >= 11 is 3.74. The molecule has 3 nitrogen and oxygen atoms in total. The zero-order valence-corrected chi connectivity index (χ0v) is 31.7. The van der Waals surface area contributed by atoms with E-state index in [9.17, 15) is 0 Å². The van der Waals surface area contributed by atoms with Crippen molar-refractivity contribution in [3.63, 3.8) is 0 Å². The monoisotopic (exact) mass is 749 g/mol. The molecule has 0 aliphatic carbocycles. The highest BCUT2D eigenvalue weighted by molar-refractivity contribution is 7.26. The zero-order valence-electron chi connectivity index (χ0n) is 30.1. The molecule has 4 aromatic heterocycles. The molecule has 0 radical (unpaired) electrons. The summed E-state index contributed by atoms with van der Waals surface area (Å²) in [5.74, 6) is 0. The van der Waals surface area contributed by atoms with Crippen LogP contribution in [0.3, 0.4) is 0 Å². The third-order valence-electron chi connectivity index (χ3n) is 11.2. The van der Waals surface area contributed by atoms with Gasteiger partial charge in [0.2, 0.25) is 0 Å². The van der Waals surface area contributed by atoms with Crippen LogP contribution in [0.25, 0.3) is 89.9 Å². The molecule has 0 saturated carbocycles. The molecule has 0 aliphatic rings. The fraction of sp³-hybridized carbons (Fsp3) is 0.